The maximum atomic E-state index is 2.59. The zero-order valence-corrected chi connectivity index (χ0v) is 15.0. The van der Waals surface area contributed by atoms with Gasteiger partial charge in [0.25, 0.3) is 0 Å². The van der Waals surface area contributed by atoms with Crippen molar-refractivity contribution in [3.63, 3.8) is 0 Å². The molecule has 0 spiro atoms. The first kappa shape index (κ1) is 14.9. The summed E-state index contributed by atoms with van der Waals surface area (Å²) in [6.07, 6.45) is 2.78. The van der Waals surface area contributed by atoms with Crippen molar-refractivity contribution in [2.45, 2.75) is 47.7 Å². The van der Waals surface area contributed by atoms with Crippen LogP contribution in [-0.4, -0.2) is 12.4 Å². The van der Waals surface area contributed by atoms with Crippen LogP contribution >= 0.6 is 11.8 Å². The molecule has 1 unspecified atom stereocenters. The van der Waals surface area contributed by atoms with E-state index in [1.54, 1.807) is 0 Å². The van der Waals surface area contributed by atoms with E-state index >= 15 is 0 Å². The Morgan fingerprint density at radius 1 is 0.905 bits per heavy atom. The summed E-state index contributed by atoms with van der Waals surface area (Å²) >= 11 is 2.15. The predicted octanol–water partition coefficient (Wildman–Crippen LogP) is 5.90. The first-order valence-corrected chi connectivity index (χ1v) is 11.7. The van der Waals surface area contributed by atoms with Gasteiger partial charge in [-0.3, -0.25) is 0 Å². The van der Waals surface area contributed by atoms with Gasteiger partial charge in [0.2, 0.25) is 0 Å². The Hall–Kier alpha value is -0.993. The summed E-state index contributed by atoms with van der Waals surface area (Å²) in [7, 11) is -1.38. The highest BCUT2D eigenvalue weighted by molar-refractivity contribution is 8.02. The molecule has 2 aromatic carbocycles. The third-order valence-corrected chi connectivity index (χ3v) is 13.9. The third kappa shape index (κ3) is 2.84. The average Bonchev–Trinajstić information content (AvgIpc) is 3.30. The van der Waals surface area contributed by atoms with Crippen molar-refractivity contribution < 1.29 is 0 Å². The van der Waals surface area contributed by atoms with E-state index < -0.39 is 8.07 Å². The normalized spacial score (nSPS) is 18.2. The molecule has 110 valence electrons. The summed E-state index contributed by atoms with van der Waals surface area (Å²) in [4.78, 5) is 1.44. The standard InChI is InChI=1S/C19H24SSi/c1-16(17-10-6-4-7-11-17)21(2,3)19(14-15-19)20-18-12-8-5-9-13-18/h4-13,16H,14-15H2,1-3H3. The fourth-order valence-electron chi connectivity index (χ4n) is 3.26. The Bertz CT molecular complexity index is 587. The summed E-state index contributed by atoms with van der Waals surface area (Å²) < 4.78 is 0.531. The van der Waals surface area contributed by atoms with E-state index in [4.69, 9.17) is 0 Å². The average molecular weight is 313 g/mol. The van der Waals surface area contributed by atoms with Gasteiger partial charge in [0.05, 0.1) is 8.07 Å². The van der Waals surface area contributed by atoms with Crippen LogP contribution in [0.25, 0.3) is 0 Å². The molecular formula is C19H24SSi. The van der Waals surface area contributed by atoms with Crippen LogP contribution in [0.3, 0.4) is 0 Å². The van der Waals surface area contributed by atoms with Crippen LogP contribution in [0, 0.1) is 0 Å². The Labute approximate surface area is 134 Å². The first-order valence-electron chi connectivity index (χ1n) is 7.84. The summed E-state index contributed by atoms with van der Waals surface area (Å²) in [5.74, 6) is 0. The van der Waals surface area contributed by atoms with Crippen LogP contribution in [-0.2, 0) is 0 Å². The number of thioether (sulfide) groups is 1. The minimum Gasteiger partial charge on any atom is -0.123 e. The Morgan fingerprint density at radius 3 is 1.95 bits per heavy atom. The highest BCUT2D eigenvalue weighted by Crippen LogP contribution is 2.60. The van der Waals surface area contributed by atoms with Crippen LogP contribution in [0.1, 0.15) is 30.9 Å². The molecule has 1 saturated carbocycles. The highest BCUT2D eigenvalue weighted by atomic mass is 32.2. The molecule has 0 radical (unpaired) electrons. The molecule has 0 amide bonds. The van der Waals surface area contributed by atoms with Crippen molar-refractivity contribution in [1.29, 1.82) is 0 Å². The molecule has 2 aromatic rings. The molecule has 0 nitrogen and oxygen atoms in total. The minimum atomic E-state index is -1.38. The van der Waals surface area contributed by atoms with Crippen molar-refractivity contribution in [3.05, 3.63) is 66.2 Å². The molecule has 1 aliphatic carbocycles. The smallest absolute Gasteiger partial charge is 0.0732 e. The van der Waals surface area contributed by atoms with E-state index in [-0.39, 0.29) is 0 Å². The number of hydrogen-bond acceptors (Lipinski definition) is 1. The van der Waals surface area contributed by atoms with Crippen molar-refractivity contribution >= 4 is 19.8 Å². The maximum absolute atomic E-state index is 2.59. The van der Waals surface area contributed by atoms with Gasteiger partial charge in [-0.05, 0) is 36.1 Å². The zero-order valence-electron chi connectivity index (χ0n) is 13.2. The quantitative estimate of drug-likeness (QED) is 0.619. The lowest BCUT2D eigenvalue weighted by Crippen LogP contribution is -2.46. The largest absolute Gasteiger partial charge is 0.123 e. The molecule has 0 saturated heterocycles. The summed E-state index contributed by atoms with van der Waals surface area (Å²) in [5, 5.41) is 0. The number of rotatable bonds is 5. The van der Waals surface area contributed by atoms with Crippen LogP contribution < -0.4 is 0 Å². The minimum absolute atomic E-state index is 0.531. The number of benzene rings is 2. The monoisotopic (exact) mass is 312 g/mol. The topological polar surface area (TPSA) is 0 Å². The third-order valence-electron chi connectivity index (χ3n) is 5.32. The molecule has 1 aliphatic rings. The lowest BCUT2D eigenvalue weighted by molar-refractivity contribution is 0.973. The van der Waals surface area contributed by atoms with E-state index in [2.05, 4.69) is 92.4 Å². The molecule has 0 bridgehead atoms. The summed E-state index contributed by atoms with van der Waals surface area (Å²) in [5.41, 5.74) is 2.23. The second kappa shape index (κ2) is 5.66. The van der Waals surface area contributed by atoms with Gasteiger partial charge in [0, 0.05) is 9.27 Å². The molecule has 2 heteroatoms. The SMILES string of the molecule is CC(c1ccccc1)[Si](C)(C)C1(Sc2ccccc2)CC1. The van der Waals surface area contributed by atoms with Gasteiger partial charge in [0.1, 0.15) is 0 Å². The molecule has 21 heavy (non-hydrogen) atoms. The van der Waals surface area contributed by atoms with Crippen molar-refractivity contribution in [2.24, 2.45) is 0 Å². The van der Waals surface area contributed by atoms with Gasteiger partial charge in [-0.15, -0.1) is 11.8 Å². The molecule has 3 rings (SSSR count). The van der Waals surface area contributed by atoms with E-state index in [1.165, 1.54) is 23.3 Å². The molecular weight excluding hydrogens is 288 g/mol. The van der Waals surface area contributed by atoms with E-state index in [9.17, 15) is 0 Å². The Kier molecular flexibility index (Phi) is 4.02. The molecule has 1 fully saturated rings. The van der Waals surface area contributed by atoms with E-state index in [1.807, 2.05) is 0 Å². The zero-order chi connectivity index (χ0) is 14.9. The second-order valence-electron chi connectivity index (χ2n) is 6.76. The van der Waals surface area contributed by atoms with E-state index in [0.29, 0.717) is 9.91 Å². The van der Waals surface area contributed by atoms with Crippen molar-refractivity contribution in [2.75, 3.05) is 0 Å². The van der Waals surface area contributed by atoms with Gasteiger partial charge in [-0.1, -0.05) is 68.5 Å². The molecule has 0 heterocycles. The Morgan fingerprint density at radius 2 is 1.43 bits per heavy atom. The second-order valence-corrected chi connectivity index (χ2v) is 13.8. The fourth-order valence-corrected chi connectivity index (χ4v) is 9.47. The van der Waals surface area contributed by atoms with Crippen LogP contribution in [0.5, 0.6) is 0 Å². The summed E-state index contributed by atoms with van der Waals surface area (Å²) in [6, 6.07) is 22.1. The lowest BCUT2D eigenvalue weighted by atomic mass is 10.2. The van der Waals surface area contributed by atoms with E-state index in [0.717, 1.165) is 0 Å². The fraction of sp³-hybridized carbons (Fsp3) is 0.368. The van der Waals surface area contributed by atoms with Gasteiger partial charge in [0.15, 0.2) is 0 Å². The highest BCUT2D eigenvalue weighted by Gasteiger charge is 2.58. The van der Waals surface area contributed by atoms with Gasteiger partial charge in [-0.25, -0.2) is 0 Å². The molecule has 0 aromatic heterocycles. The Balaban J connectivity index is 1.84. The molecule has 0 N–H and O–H groups in total. The van der Waals surface area contributed by atoms with Gasteiger partial charge in [-0.2, -0.15) is 0 Å². The summed E-state index contributed by atoms with van der Waals surface area (Å²) in [6.45, 7) is 7.63. The predicted molar refractivity (Wildman–Crippen MR) is 96.6 cm³/mol. The van der Waals surface area contributed by atoms with Gasteiger partial charge < -0.3 is 0 Å². The van der Waals surface area contributed by atoms with Crippen LogP contribution in [0.15, 0.2) is 65.6 Å². The molecule has 1 atom stereocenters. The molecule has 0 aliphatic heterocycles. The first-order chi connectivity index (χ1) is 10.1. The van der Waals surface area contributed by atoms with Gasteiger partial charge >= 0.3 is 0 Å². The maximum Gasteiger partial charge on any atom is 0.0732 e. The number of hydrogen-bond donors (Lipinski definition) is 0. The van der Waals surface area contributed by atoms with Crippen molar-refractivity contribution in [1.82, 2.24) is 0 Å². The lowest BCUT2D eigenvalue weighted by Gasteiger charge is -2.38. The van der Waals surface area contributed by atoms with Crippen molar-refractivity contribution in [3.8, 4) is 0 Å². The van der Waals surface area contributed by atoms with Crippen LogP contribution in [0.2, 0.25) is 13.1 Å². The van der Waals surface area contributed by atoms with Crippen LogP contribution in [0.4, 0.5) is 0 Å².